The molecular weight excluding hydrogens is 342 g/mol. The average molecular weight is 366 g/mol. The number of benzene rings is 1. The standard InChI is InChI=1S/C17H24BrN3O/c1-17(2,3)20-8-6-14(7-9-20)21-11-12-10-13(18)4-5-15(12)19-16(21)22/h4-5,10,14H,6-9,11H2,1-3H3,(H,19,22). The first-order chi connectivity index (χ1) is 10.3. The number of anilines is 1. The van der Waals surface area contributed by atoms with Crippen LogP contribution >= 0.6 is 15.9 Å². The van der Waals surface area contributed by atoms with E-state index in [0.29, 0.717) is 12.6 Å². The number of fused-ring (bicyclic) bond motifs is 1. The Labute approximate surface area is 141 Å². The van der Waals surface area contributed by atoms with Crippen molar-refractivity contribution >= 4 is 27.6 Å². The zero-order valence-electron chi connectivity index (χ0n) is 13.5. The monoisotopic (exact) mass is 365 g/mol. The number of carbonyl (C=O) groups is 1. The van der Waals surface area contributed by atoms with Crippen LogP contribution in [0.4, 0.5) is 10.5 Å². The number of likely N-dealkylation sites (tertiary alicyclic amines) is 1. The van der Waals surface area contributed by atoms with E-state index >= 15 is 0 Å². The van der Waals surface area contributed by atoms with Gasteiger partial charge in [0.2, 0.25) is 0 Å². The SMILES string of the molecule is CC(C)(C)N1CCC(N2Cc3cc(Br)ccc3NC2=O)CC1. The highest BCUT2D eigenvalue weighted by Gasteiger charge is 2.33. The van der Waals surface area contributed by atoms with Gasteiger partial charge < -0.3 is 10.2 Å². The van der Waals surface area contributed by atoms with E-state index in [0.717, 1.165) is 36.1 Å². The van der Waals surface area contributed by atoms with Crippen molar-refractivity contribution in [2.75, 3.05) is 18.4 Å². The van der Waals surface area contributed by atoms with E-state index in [1.807, 2.05) is 17.0 Å². The second-order valence-corrected chi connectivity index (χ2v) is 8.16. The van der Waals surface area contributed by atoms with Gasteiger partial charge >= 0.3 is 6.03 Å². The summed E-state index contributed by atoms with van der Waals surface area (Å²) in [4.78, 5) is 16.9. The quantitative estimate of drug-likeness (QED) is 0.814. The fourth-order valence-corrected chi connectivity index (χ4v) is 3.81. The molecule has 2 aliphatic rings. The summed E-state index contributed by atoms with van der Waals surface area (Å²) in [6.45, 7) is 9.60. The molecule has 120 valence electrons. The van der Waals surface area contributed by atoms with Crippen LogP contribution in [0.3, 0.4) is 0 Å². The van der Waals surface area contributed by atoms with Crippen molar-refractivity contribution < 1.29 is 4.79 Å². The van der Waals surface area contributed by atoms with Gasteiger partial charge in [0.25, 0.3) is 0 Å². The minimum Gasteiger partial charge on any atom is -0.317 e. The first kappa shape index (κ1) is 15.8. The number of rotatable bonds is 1. The van der Waals surface area contributed by atoms with Crippen molar-refractivity contribution in [3.63, 3.8) is 0 Å². The summed E-state index contributed by atoms with van der Waals surface area (Å²) >= 11 is 3.51. The molecule has 0 radical (unpaired) electrons. The lowest BCUT2D eigenvalue weighted by atomic mass is 9.96. The molecule has 0 aliphatic carbocycles. The van der Waals surface area contributed by atoms with Crippen molar-refractivity contribution in [1.29, 1.82) is 0 Å². The van der Waals surface area contributed by atoms with Crippen LogP contribution in [0.25, 0.3) is 0 Å². The van der Waals surface area contributed by atoms with E-state index in [2.05, 4.69) is 53.0 Å². The van der Waals surface area contributed by atoms with Gasteiger partial charge in [0.1, 0.15) is 0 Å². The number of hydrogen-bond acceptors (Lipinski definition) is 2. The highest BCUT2D eigenvalue weighted by molar-refractivity contribution is 9.10. The lowest BCUT2D eigenvalue weighted by molar-refractivity contribution is 0.0667. The number of hydrogen-bond donors (Lipinski definition) is 1. The van der Waals surface area contributed by atoms with Gasteiger partial charge in [-0.3, -0.25) is 4.90 Å². The Kier molecular flexibility index (Phi) is 4.21. The normalized spacial score (nSPS) is 20.7. The fourth-order valence-electron chi connectivity index (χ4n) is 3.40. The molecule has 2 aliphatic heterocycles. The maximum atomic E-state index is 12.4. The molecule has 0 unspecified atom stereocenters. The van der Waals surface area contributed by atoms with Crippen LogP contribution in [0.15, 0.2) is 22.7 Å². The molecular formula is C17H24BrN3O. The maximum Gasteiger partial charge on any atom is 0.322 e. The van der Waals surface area contributed by atoms with E-state index in [4.69, 9.17) is 0 Å². The molecule has 0 spiro atoms. The van der Waals surface area contributed by atoms with Crippen LogP contribution in [0.1, 0.15) is 39.2 Å². The minimum atomic E-state index is 0.0454. The van der Waals surface area contributed by atoms with Gasteiger partial charge in [0.05, 0.1) is 0 Å². The Morgan fingerprint density at radius 3 is 2.55 bits per heavy atom. The lowest BCUT2D eigenvalue weighted by Crippen LogP contribution is -2.53. The van der Waals surface area contributed by atoms with Crippen molar-refractivity contribution in [3.8, 4) is 0 Å². The van der Waals surface area contributed by atoms with Gasteiger partial charge in [-0.2, -0.15) is 0 Å². The average Bonchev–Trinajstić information content (AvgIpc) is 2.46. The number of halogens is 1. The zero-order chi connectivity index (χ0) is 15.9. The Balaban J connectivity index is 1.70. The summed E-state index contributed by atoms with van der Waals surface area (Å²) in [5, 5.41) is 3.03. The van der Waals surface area contributed by atoms with Crippen LogP contribution in [0.5, 0.6) is 0 Å². The number of piperidine rings is 1. The molecule has 2 amide bonds. The molecule has 1 saturated heterocycles. The molecule has 5 heteroatoms. The highest BCUT2D eigenvalue weighted by Crippen LogP contribution is 2.30. The predicted molar refractivity (Wildman–Crippen MR) is 93.1 cm³/mol. The van der Waals surface area contributed by atoms with Crippen LogP contribution in [0, 0.1) is 0 Å². The molecule has 1 N–H and O–H groups in total. The second kappa shape index (κ2) is 5.85. The summed E-state index contributed by atoms with van der Waals surface area (Å²) in [6, 6.07) is 6.43. The summed E-state index contributed by atoms with van der Waals surface area (Å²) < 4.78 is 1.06. The zero-order valence-corrected chi connectivity index (χ0v) is 15.1. The molecule has 22 heavy (non-hydrogen) atoms. The van der Waals surface area contributed by atoms with Crippen LogP contribution < -0.4 is 5.32 Å². The largest absolute Gasteiger partial charge is 0.322 e. The maximum absolute atomic E-state index is 12.4. The summed E-state index contributed by atoms with van der Waals surface area (Å²) in [5.41, 5.74) is 2.34. The third-order valence-corrected chi connectivity index (χ3v) is 5.26. The van der Waals surface area contributed by atoms with Gasteiger partial charge in [-0.05, 0) is 57.4 Å². The van der Waals surface area contributed by atoms with Crippen LogP contribution in [-0.4, -0.2) is 40.5 Å². The minimum absolute atomic E-state index is 0.0454. The van der Waals surface area contributed by atoms with Gasteiger partial charge in [-0.1, -0.05) is 15.9 Å². The van der Waals surface area contributed by atoms with Gasteiger partial charge in [-0.25, -0.2) is 4.79 Å². The first-order valence-corrected chi connectivity index (χ1v) is 8.75. The number of urea groups is 1. The molecule has 0 saturated carbocycles. The Bertz CT molecular complexity index is 574. The molecule has 4 nitrogen and oxygen atoms in total. The van der Waals surface area contributed by atoms with Gasteiger partial charge in [0, 0.05) is 41.4 Å². The number of carbonyl (C=O) groups excluding carboxylic acids is 1. The Morgan fingerprint density at radius 2 is 1.91 bits per heavy atom. The van der Waals surface area contributed by atoms with E-state index in [1.54, 1.807) is 0 Å². The van der Waals surface area contributed by atoms with Crippen LogP contribution in [-0.2, 0) is 6.54 Å². The summed E-state index contributed by atoms with van der Waals surface area (Å²) in [7, 11) is 0. The van der Waals surface area contributed by atoms with E-state index < -0.39 is 0 Å². The molecule has 0 aromatic heterocycles. The third kappa shape index (κ3) is 3.15. The van der Waals surface area contributed by atoms with Crippen LogP contribution in [0.2, 0.25) is 0 Å². The topological polar surface area (TPSA) is 35.6 Å². The van der Waals surface area contributed by atoms with Crippen molar-refractivity contribution in [3.05, 3.63) is 28.2 Å². The molecule has 3 rings (SSSR count). The van der Waals surface area contributed by atoms with E-state index in [1.165, 1.54) is 5.56 Å². The van der Waals surface area contributed by atoms with Crippen molar-refractivity contribution in [2.24, 2.45) is 0 Å². The smallest absolute Gasteiger partial charge is 0.317 e. The van der Waals surface area contributed by atoms with Gasteiger partial charge in [0.15, 0.2) is 0 Å². The predicted octanol–water partition coefficient (Wildman–Crippen LogP) is 4.06. The third-order valence-electron chi connectivity index (χ3n) is 4.76. The molecule has 0 bridgehead atoms. The van der Waals surface area contributed by atoms with Crippen molar-refractivity contribution in [1.82, 2.24) is 9.80 Å². The first-order valence-electron chi connectivity index (χ1n) is 7.96. The molecule has 1 fully saturated rings. The number of nitrogens with one attached hydrogen (secondary N) is 1. The Hall–Kier alpha value is -1.07. The van der Waals surface area contributed by atoms with E-state index in [9.17, 15) is 4.79 Å². The highest BCUT2D eigenvalue weighted by atomic mass is 79.9. The number of nitrogens with zero attached hydrogens (tertiary/aromatic N) is 2. The number of amides is 2. The van der Waals surface area contributed by atoms with E-state index in [-0.39, 0.29) is 11.6 Å². The molecule has 0 atom stereocenters. The molecule has 2 heterocycles. The summed E-state index contributed by atoms with van der Waals surface area (Å²) in [5.74, 6) is 0. The lowest BCUT2D eigenvalue weighted by Gasteiger charge is -2.44. The molecule has 1 aromatic rings. The summed E-state index contributed by atoms with van der Waals surface area (Å²) in [6.07, 6.45) is 2.10. The fraction of sp³-hybridized carbons (Fsp3) is 0.588. The van der Waals surface area contributed by atoms with Gasteiger partial charge in [-0.15, -0.1) is 0 Å². The molecule has 1 aromatic carbocycles. The Morgan fingerprint density at radius 1 is 1.23 bits per heavy atom. The second-order valence-electron chi connectivity index (χ2n) is 7.25. The van der Waals surface area contributed by atoms with Crippen molar-refractivity contribution in [2.45, 2.75) is 51.7 Å².